The molecule has 0 N–H and O–H groups in total. The summed E-state index contributed by atoms with van der Waals surface area (Å²) in [5.74, 6) is 0.875. The standard InChI is InChI=1S/C54H56N4Si.Pt/c1-37(2)59(38(3)4,43-22-12-11-13-23-43)58(42-29-30-45-44-24-14-15-27-49(44)57(50(45)36-42)51-28-16-17-32-56-51)41-21-18-20-39(34-41)48-35-40(31-33-55-48)52-46(53(5,6)7)25-19-26-47(52)54(8,9)10;/h11-33,35,37-38H,1-10H3;/q-2;+2. The molecule has 60 heavy (non-hydrogen) atoms. The number of benzene rings is 5. The van der Waals surface area contributed by atoms with E-state index in [9.17, 15) is 0 Å². The zero-order valence-corrected chi connectivity index (χ0v) is 39.9. The van der Waals surface area contributed by atoms with Crippen molar-refractivity contribution in [1.82, 2.24) is 14.5 Å². The maximum absolute atomic E-state index is 5.04. The Bertz CT molecular complexity index is 2720. The molecule has 0 fully saturated rings. The molecule has 3 aromatic heterocycles. The van der Waals surface area contributed by atoms with Gasteiger partial charge in [-0.1, -0.05) is 165 Å². The van der Waals surface area contributed by atoms with E-state index in [4.69, 9.17) is 9.97 Å². The van der Waals surface area contributed by atoms with E-state index >= 15 is 0 Å². The Balaban J connectivity index is 0.00000544. The van der Waals surface area contributed by atoms with E-state index in [1.54, 1.807) is 0 Å². The fourth-order valence-corrected chi connectivity index (χ4v) is 15.3. The zero-order valence-electron chi connectivity index (χ0n) is 36.6. The molecule has 0 aliphatic carbocycles. The van der Waals surface area contributed by atoms with Crippen LogP contribution in [0.15, 0.2) is 146 Å². The molecule has 0 aliphatic heterocycles. The molecule has 0 saturated heterocycles. The first-order valence-electron chi connectivity index (χ1n) is 21.1. The van der Waals surface area contributed by atoms with Gasteiger partial charge in [-0.3, -0.25) is 0 Å². The van der Waals surface area contributed by atoms with Crippen molar-refractivity contribution < 1.29 is 21.1 Å². The summed E-state index contributed by atoms with van der Waals surface area (Å²) in [5, 5.41) is 3.72. The number of fused-ring (bicyclic) bond motifs is 3. The summed E-state index contributed by atoms with van der Waals surface area (Å²) in [6.07, 6.45) is 3.84. The molecule has 0 radical (unpaired) electrons. The van der Waals surface area contributed by atoms with E-state index in [0.717, 1.165) is 44.9 Å². The van der Waals surface area contributed by atoms with E-state index in [2.05, 4.69) is 218 Å². The fraction of sp³-hybridized carbons (Fsp3) is 0.259. The van der Waals surface area contributed by atoms with Crippen molar-refractivity contribution in [2.45, 2.75) is 91.1 Å². The Kier molecular flexibility index (Phi) is 12.0. The van der Waals surface area contributed by atoms with Gasteiger partial charge in [0.2, 0.25) is 0 Å². The van der Waals surface area contributed by atoms with Crippen LogP contribution in [0.25, 0.3) is 50.0 Å². The van der Waals surface area contributed by atoms with Crippen LogP contribution in [0.5, 0.6) is 0 Å². The number of aromatic nitrogens is 3. The molecule has 306 valence electrons. The molecular formula is C54H56N4PtSi. The van der Waals surface area contributed by atoms with Gasteiger partial charge in [-0.2, -0.15) is 6.07 Å². The number of hydrogen-bond acceptors (Lipinski definition) is 3. The molecule has 0 saturated carbocycles. The van der Waals surface area contributed by atoms with Gasteiger partial charge in [-0.15, -0.1) is 47.3 Å². The van der Waals surface area contributed by atoms with Gasteiger partial charge in [0.25, 0.3) is 0 Å². The topological polar surface area (TPSA) is 34.0 Å². The molecule has 3 heterocycles. The minimum atomic E-state index is -2.68. The van der Waals surface area contributed by atoms with E-state index in [0.29, 0.717) is 11.1 Å². The van der Waals surface area contributed by atoms with E-state index in [1.165, 1.54) is 32.8 Å². The van der Waals surface area contributed by atoms with Crippen molar-refractivity contribution in [3.63, 3.8) is 0 Å². The minimum Gasteiger partial charge on any atom is -0.401 e. The summed E-state index contributed by atoms with van der Waals surface area (Å²) in [6, 6.07) is 56.4. The second kappa shape index (κ2) is 16.8. The molecule has 0 amide bonds. The molecule has 0 aliphatic rings. The SMILES string of the molecule is CC(C)[Si](c1ccccc1)(C(C)C)N(c1[c-]c(-c2cc(-c3c(C(C)(C)C)cccc3C(C)(C)C)ccn2)ccc1)c1[c-]c2c(cc1)c1ccccc1n2-c1ccccn1.[Pt+2]. The van der Waals surface area contributed by atoms with Crippen LogP contribution in [0, 0.1) is 12.1 Å². The van der Waals surface area contributed by atoms with E-state index < -0.39 is 8.24 Å². The van der Waals surface area contributed by atoms with Gasteiger partial charge in [0.15, 0.2) is 8.24 Å². The van der Waals surface area contributed by atoms with E-state index in [-0.39, 0.29) is 31.9 Å². The molecule has 5 aromatic carbocycles. The van der Waals surface area contributed by atoms with Gasteiger partial charge in [0.05, 0.1) is 0 Å². The largest absolute Gasteiger partial charge is 2.00 e. The van der Waals surface area contributed by atoms with Gasteiger partial charge in [0, 0.05) is 17.9 Å². The van der Waals surface area contributed by atoms with Crippen LogP contribution >= 0.6 is 0 Å². The van der Waals surface area contributed by atoms with Gasteiger partial charge in [0.1, 0.15) is 5.82 Å². The van der Waals surface area contributed by atoms with E-state index in [1.807, 2.05) is 18.5 Å². The normalized spacial score (nSPS) is 12.3. The molecule has 8 rings (SSSR count). The summed E-state index contributed by atoms with van der Waals surface area (Å²) < 4.78 is 4.91. The maximum atomic E-state index is 5.04. The van der Waals surface area contributed by atoms with Crippen LogP contribution in [0.1, 0.15) is 80.4 Å². The molecule has 6 heteroatoms. The summed E-state index contributed by atoms with van der Waals surface area (Å²) >= 11 is 0. The van der Waals surface area contributed by atoms with Crippen molar-refractivity contribution in [3.05, 3.63) is 169 Å². The first kappa shape index (κ1) is 43.0. The predicted octanol–water partition coefficient (Wildman–Crippen LogP) is 13.9. The molecule has 4 nitrogen and oxygen atoms in total. The Morgan fingerprint density at radius 1 is 0.583 bits per heavy atom. The van der Waals surface area contributed by atoms with Gasteiger partial charge < -0.3 is 14.1 Å². The second-order valence-corrected chi connectivity index (χ2v) is 23.6. The smallest absolute Gasteiger partial charge is 0.401 e. The third kappa shape index (κ3) is 7.60. The average Bonchev–Trinajstić information content (AvgIpc) is 3.56. The molecule has 8 aromatic rings. The monoisotopic (exact) mass is 983 g/mol. The second-order valence-electron chi connectivity index (χ2n) is 18.6. The third-order valence-electron chi connectivity index (χ3n) is 12.1. The Morgan fingerprint density at radius 2 is 1.22 bits per heavy atom. The fourth-order valence-electron chi connectivity index (χ4n) is 9.53. The van der Waals surface area contributed by atoms with Crippen LogP contribution in [0.2, 0.25) is 11.1 Å². The Labute approximate surface area is 373 Å². The number of rotatable bonds is 9. The number of nitrogens with zero attached hydrogens (tertiary/aromatic N) is 4. The van der Waals surface area contributed by atoms with Crippen LogP contribution in [0.4, 0.5) is 11.4 Å². The molecular weight excluding hydrogens is 928 g/mol. The molecule has 0 bridgehead atoms. The first-order valence-corrected chi connectivity index (χ1v) is 23.2. The number of para-hydroxylation sites is 1. The van der Waals surface area contributed by atoms with Crippen LogP contribution in [-0.4, -0.2) is 22.8 Å². The molecule has 0 unspecified atom stereocenters. The van der Waals surface area contributed by atoms with Crippen molar-refractivity contribution in [2.75, 3.05) is 4.57 Å². The molecule has 0 atom stereocenters. The van der Waals surface area contributed by atoms with Crippen molar-refractivity contribution >= 4 is 46.6 Å². The van der Waals surface area contributed by atoms with Gasteiger partial charge in [-0.05, 0) is 84.7 Å². The van der Waals surface area contributed by atoms with Gasteiger partial charge in [-0.25, -0.2) is 4.98 Å². The maximum Gasteiger partial charge on any atom is 2.00 e. The summed E-state index contributed by atoms with van der Waals surface area (Å²) in [6.45, 7) is 23.5. The Hall–Kier alpha value is -5.09. The van der Waals surface area contributed by atoms with Crippen molar-refractivity contribution in [2.24, 2.45) is 0 Å². The van der Waals surface area contributed by atoms with Crippen molar-refractivity contribution in [3.8, 4) is 28.2 Å². The first-order chi connectivity index (χ1) is 28.2. The zero-order chi connectivity index (χ0) is 41.7. The van der Waals surface area contributed by atoms with Crippen molar-refractivity contribution in [1.29, 1.82) is 0 Å². The summed E-state index contributed by atoms with van der Waals surface area (Å²) in [7, 11) is -2.68. The summed E-state index contributed by atoms with van der Waals surface area (Å²) in [4.78, 5) is 9.88. The number of anilines is 2. The van der Waals surface area contributed by atoms with Crippen LogP contribution < -0.4 is 9.75 Å². The minimum absolute atomic E-state index is 0. The summed E-state index contributed by atoms with van der Waals surface area (Å²) in [5.41, 5.74) is 11.8. The quantitative estimate of drug-likeness (QED) is 0.107. The van der Waals surface area contributed by atoms with Crippen LogP contribution in [0.3, 0.4) is 0 Å². The molecule has 0 spiro atoms. The number of pyridine rings is 2. The predicted molar refractivity (Wildman–Crippen MR) is 253 cm³/mol. The third-order valence-corrected chi connectivity index (χ3v) is 18.1. The Morgan fingerprint density at radius 3 is 1.87 bits per heavy atom. The van der Waals surface area contributed by atoms with Gasteiger partial charge >= 0.3 is 21.1 Å². The average molecular weight is 984 g/mol. The number of hydrogen-bond donors (Lipinski definition) is 0. The van der Waals surface area contributed by atoms with Crippen LogP contribution in [-0.2, 0) is 31.9 Å².